The van der Waals surface area contributed by atoms with Crippen molar-refractivity contribution >= 4 is 18.7 Å². The first-order chi connectivity index (χ1) is 8.03. The van der Waals surface area contributed by atoms with Crippen molar-refractivity contribution in [2.24, 2.45) is 0 Å². The van der Waals surface area contributed by atoms with Crippen molar-refractivity contribution < 1.29 is 18.4 Å². The Hall–Kier alpha value is -1.22. The van der Waals surface area contributed by atoms with Gasteiger partial charge in [-0.3, -0.25) is 9.36 Å². The van der Waals surface area contributed by atoms with Gasteiger partial charge in [0.25, 0.3) is 5.52 Å². The zero-order valence-corrected chi connectivity index (χ0v) is 10.9. The van der Waals surface area contributed by atoms with Crippen molar-refractivity contribution in [1.82, 2.24) is 0 Å². The maximum absolute atomic E-state index is 11.8. The minimum absolute atomic E-state index is 0.649. The molecule has 0 amide bonds. The second-order valence-corrected chi connectivity index (χ2v) is 5.56. The van der Waals surface area contributed by atoms with E-state index in [9.17, 15) is 9.36 Å². The largest absolute Gasteiger partial charge is 0.400 e. The maximum Gasteiger partial charge on any atom is 0.400 e. The van der Waals surface area contributed by atoms with E-state index in [2.05, 4.69) is 9.05 Å². The molecule has 0 aromatic heterocycles. The van der Waals surface area contributed by atoms with Gasteiger partial charge in [0, 0.05) is 14.2 Å². The van der Waals surface area contributed by atoms with E-state index in [4.69, 9.17) is 0 Å². The summed E-state index contributed by atoms with van der Waals surface area (Å²) < 4.78 is 21.0. The van der Waals surface area contributed by atoms with Gasteiger partial charge < -0.3 is 9.05 Å². The van der Waals surface area contributed by atoms with E-state index < -0.39 is 13.1 Å². The van der Waals surface area contributed by atoms with Gasteiger partial charge in [0.2, 0.25) is 0 Å². The number of benzene rings is 1. The third-order valence-electron chi connectivity index (χ3n) is 2.32. The minimum atomic E-state index is -3.66. The van der Waals surface area contributed by atoms with Crippen molar-refractivity contribution in [2.75, 3.05) is 14.2 Å². The van der Waals surface area contributed by atoms with Crippen LogP contribution in [-0.2, 0) is 18.4 Å². The molecule has 0 N–H and O–H groups in total. The van der Waals surface area contributed by atoms with Crippen molar-refractivity contribution in [3.8, 4) is 0 Å². The summed E-state index contributed by atoms with van der Waals surface area (Å²) in [6.07, 6.45) is 1.28. The van der Waals surface area contributed by atoms with Gasteiger partial charge in [-0.1, -0.05) is 30.3 Å². The van der Waals surface area contributed by atoms with Crippen LogP contribution in [0.2, 0.25) is 0 Å². The van der Waals surface area contributed by atoms with Crippen molar-refractivity contribution in [3.05, 3.63) is 42.0 Å². The molecule has 0 fully saturated rings. The predicted molar refractivity (Wildman–Crippen MR) is 66.7 cm³/mol. The quantitative estimate of drug-likeness (QED) is 0.598. The highest BCUT2D eigenvalue weighted by Gasteiger charge is 2.30. The normalized spacial score (nSPS) is 12.5. The first-order valence-electron chi connectivity index (χ1n) is 5.03. The molecule has 4 nitrogen and oxygen atoms in total. The molecule has 0 bridgehead atoms. The molecular weight excluding hydrogens is 239 g/mol. The Morgan fingerprint density at radius 1 is 1.18 bits per heavy atom. The molecule has 0 saturated carbocycles. The number of carbonyl (C=O) groups is 1. The summed E-state index contributed by atoms with van der Waals surface area (Å²) in [6.45, 7) is 1.77. The highest BCUT2D eigenvalue weighted by molar-refractivity contribution is 7.72. The summed E-state index contributed by atoms with van der Waals surface area (Å²) in [5.74, 6) is 0. The van der Waals surface area contributed by atoms with Crippen molar-refractivity contribution in [1.29, 1.82) is 0 Å². The Balaban J connectivity index is 2.98. The van der Waals surface area contributed by atoms with Crippen LogP contribution in [0.5, 0.6) is 0 Å². The molecule has 0 unspecified atom stereocenters. The van der Waals surface area contributed by atoms with Crippen LogP contribution in [0.25, 0.3) is 5.57 Å². The van der Waals surface area contributed by atoms with E-state index in [1.165, 1.54) is 20.3 Å². The number of hydrogen-bond acceptors (Lipinski definition) is 4. The minimum Gasteiger partial charge on any atom is -0.306 e. The average molecular weight is 254 g/mol. The lowest BCUT2D eigenvalue weighted by Crippen LogP contribution is -2.00. The van der Waals surface area contributed by atoms with Crippen molar-refractivity contribution in [3.63, 3.8) is 0 Å². The molecule has 0 aliphatic rings. The molecule has 0 heterocycles. The summed E-state index contributed by atoms with van der Waals surface area (Å²) >= 11 is 0. The van der Waals surface area contributed by atoms with Gasteiger partial charge in [0.05, 0.1) is 0 Å². The maximum atomic E-state index is 11.8. The first-order valence-corrected chi connectivity index (χ1v) is 6.57. The van der Waals surface area contributed by atoms with E-state index in [0.29, 0.717) is 5.57 Å². The standard InChI is InChI=1S/C12H15O4P/c1-10(11-7-5-4-6-8-11)9-12(13)17(14,15-2)16-3/h4-9H,1-3H3/b10-9+. The Morgan fingerprint density at radius 2 is 1.71 bits per heavy atom. The van der Waals surface area contributed by atoms with Crippen LogP contribution in [0.3, 0.4) is 0 Å². The van der Waals surface area contributed by atoms with Crippen molar-refractivity contribution in [2.45, 2.75) is 6.92 Å². The molecule has 0 spiro atoms. The molecule has 0 radical (unpaired) electrons. The zero-order valence-electron chi connectivity index (χ0n) is 10.0. The number of rotatable bonds is 5. The Kier molecular flexibility index (Phi) is 4.82. The van der Waals surface area contributed by atoms with Gasteiger partial charge >= 0.3 is 7.60 Å². The van der Waals surface area contributed by atoms with Gasteiger partial charge in [0.15, 0.2) is 0 Å². The van der Waals surface area contributed by atoms with Crippen LogP contribution < -0.4 is 0 Å². The second kappa shape index (κ2) is 5.92. The topological polar surface area (TPSA) is 52.6 Å². The van der Waals surface area contributed by atoms with Gasteiger partial charge in [-0.15, -0.1) is 0 Å². The Bertz CT molecular complexity index is 457. The van der Waals surface area contributed by atoms with Gasteiger partial charge in [-0.05, 0) is 24.1 Å². The Morgan fingerprint density at radius 3 is 2.18 bits per heavy atom. The smallest absolute Gasteiger partial charge is 0.306 e. The van der Waals surface area contributed by atoms with E-state index in [-0.39, 0.29) is 0 Å². The van der Waals surface area contributed by atoms with E-state index in [1.54, 1.807) is 6.92 Å². The van der Waals surface area contributed by atoms with Crippen LogP contribution in [-0.4, -0.2) is 19.7 Å². The molecule has 1 aromatic rings. The molecule has 5 heteroatoms. The lowest BCUT2D eigenvalue weighted by molar-refractivity contribution is -0.109. The summed E-state index contributed by atoms with van der Waals surface area (Å²) in [4.78, 5) is 11.7. The SMILES string of the molecule is COP(=O)(OC)C(=O)/C=C(\C)c1ccccc1. The molecule has 0 saturated heterocycles. The lowest BCUT2D eigenvalue weighted by atomic mass is 10.1. The van der Waals surface area contributed by atoms with E-state index in [1.807, 2.05) is 30.3 Å². The fourth-order valence-corrected chi connectivity index (χ4v) is 2.16. The predicted octanol–water partition coefficient (Wildman–Crippen LogP) is 3.10. The third kappa shape index (κ3) is 3.37. The molecule has 0 aliphatic carbocycles. The third-order valence-corrected chi connectivity index (χ3v) is 3.95. The van der Waals surface area contributed by atoms with Crippen LogP contribution in [0.15, 0.2) is 36.4 Å². The molecule has 92 valence electrons. The average Bonchev–Trinajstić information content (AvgIpc) is 2.38. The van der Waals surface area contributed by atoms with Gasteiger partial charge in [-0.2, -0.15) is 0 Å². The molecule has 1 rings (SSSR count). The fourth-order valence-electron chi connectivity index (χ4n) is 1.30. The molecule has 17 heavy (non-hydrogen) atoms. The number of hydrogen-bond donors (Lipinski definition) is 0. The van der Waals surface area contributed by atoms with E-state index >= 15 is 0 Å². The first kappa shape index (κ1) is 13.8. The van der Waals surface area contributed by atoms with Crippen LogP contribution in [0.1, 0.15) is 12.5 Å². The van der Waals surface area contributed by atoms with Gasteiger partial charge in [-0.25, -0.2) is 0 Å². The van der Waals surface area contributed by atoms with Crippen LogP contribution >= 0.6 is 7.60 Å². The number of allylic oxidation sites excluding steroid dienone is 2. The highest BCUT2D eigenvalue weighted by Crippen LogP contribution is 2.48. The number of carbonyl (C=O) groups excluding carboxylic acids is 1. The zero-order chi connectivity index (χ0) is 12.9. The highest BCUT2D eigenvalue weighted by atomic mass is 31.2. The lowest BCUT2D eigenvalue weighted by Gasteiger charge is -2.10. The molecular formula is C12H15O4P. The molecule has 0 atom stereocenters. The second-order valence-electron chi connectivity index (χ2n) is 3.39. The summed E-state index contributed by atoms with van der Waals surface area (Å²) in [7, 11) is -1.29. The molecule has 1 aromatic carbocycles. The Labute approximate surface area is 101 Å². The van der Waals surface area contributed by atoms with Gasteiger partial charge in [0.1, 0.15) is 0 Å². The summed E-state index contributed by atoms with van der Waals surface area (Å²) in [5, 5.41) is 0. The summed E-state index contributed by atoms with van der Waals surface area (Å²) in [5.41, 5.74) is 0.952. The fraction of sp³-hybridized carbons (Fsp3) is 0.250. The monoisotopic (exact) mass is 254 g/mol. The van der Waals surface area contributed by atoms with Crippen LogP contribution in [0.4, 0.5) is 0 Å². The van der Waals surface area contributed by atoms with Crippen LogP contribution in [0, 0.1) is 0 Å². The van der Waals surface area contributed by atoms with E-state index in [0.717, 1.165) is 5.56 Å². The molecule has 0 aliphatic heterocycles. The summed E-state index contributed by atoms with van der Waals surface area (Å²) in [6, 6.07) is 9.34.